The zero-order chi connectivity index (χ0) is 27.5. The quantitative estimate of drug-likeness (QED) is 0.219. The van der Waals surface area contributed by atoms with Gasteiger partial charge >= 0.3 is 11.8 Å². The van der Waals surface area contributed by atoms with Gasteiger partial charge in [0.05, 0.1) is 29.5 Å². The van der Waals surface area contributed by atoms with Crippen molar-refractivity contribution in [3.63, 3.8) is 0 Å². The summed E-state index contributed by atoms with van der Waals surface area (Å²) in [6, 6.07) is 19.4. The molecule has 1 aliphatic rings. The second-order valence-electron chi connectivity index (χ2n) is 9.82. The number of benzene rings is 2. The summed E-state index contributed by atoms with van der Waals surface area (Å²) in [6.07, 6.45) is 7.54. The molecule has 0 aliphatic carbocycles. The fourth-order valence-corrected chi connectivity index (χ4v) is 5.06. The van der Waals surface area contributed by atoms with E-state index < -0.39 is 11.8 Å². The largest absolute Gasteiger partial charge is 0.383 e. The summed E-state index contributed by atoms with van der Waals surface area (Å²) >= 11 is 0. The van der Waals surface area contributed by atoms with Crippen LogP contribution in [0.2, 0.25) is 0 Å². The van der Waals surface area contributed by atoms with Crippen LogP contribution < -0.4 is 11.1 Å². The molecule has 0 saturated carbocycles. The summed E-state index contributed by atoms with van der Waals surface area (Å²) in [5.41, 5.74) is 8.48. The van der Waals surface area contributed by atoms with Gasteiger partial charge in [-0.25, -0.2) is 9.67 Å². The molecule has 1 atom stereocenters. The monoisotopic (exact) mass is 598 g/mol. The third kappa shape index (κ3) is 6.07. The van der Waals surface area contributed by atoms with Crippen LogP contribution in [0.3, 0.4) is 0 Å². The Bertz CT molecular complexity index is 1680. The van der Waals surface area contributed by atoms with Gasteiger partial charge in [-0.3, -0.25) is 14.6 Å². The molecule has 4 heterocycles. The van der Waals surface area contributed by atoms with Crippen molar-refractivity contribution in [2.45, 2.75) is 38.6 Å². The van der Waals surface area contributed by atoms with Gasteiger partial charge in [-0.1, -0.05) is 48.5 Å². The Balaban J connectivity index is 0.00000337. The maximum absolute atomic E-state index is 13.6. The Hall–Kier alpha value is -4.31. The van der Waals surface area contributed by atoms with Crippen molar-refractivity contribution < 1.29 is 31.4 Å². The molecule has 0 bridgehead atoms. The van der Waals surface area contributed by atoms with Crippen LogP contribution in [0.25, 0.3) is 21.7 Å². The van der Waals surface area contributed by atoms with Crippen LogP contribution in [0.1, 0.15) is 36.7 Å². The number of amides is 2. The van der Waals surface area contributed by atoms with Crippen LogP contribution in [0, 0.1) is 0 Å². The first-order valence-corrected chi connectivity index (χ1v) is 13.3. The number of carbonyl (C=O) groups is 2. The Labute approximate surface area is 247 Å². The molecule has 1 fully saturated rings. The topological polar surface area (TPSA) is 128 Å². The van der Waals surface area contributed by atoms with Crippen LogP contribution in [0.4, 0.5) is 11.5 Å². The number of nitrogens with two attached hydrogens (primary N) is 1. The predicted octanol–water partition coefficient (Wildman–Crippen LogP) is 4.43. The summed E-state index contributed by atoms with van der Waals surface area (Å²) < 4.78 is 7.57. The van der Waals surface area contributed by atoms with Gasteiger partial charge in [-0.15, -0.1) is 0 Å². The van der Waals surface area contributed by atoms with E-state index in [0.717, 1.165) is 35.6 Å². The molecular formula is C30H29CuN7O3. The van der Waals surface area contributed by atoms with E-state index >= 15 is 0 Å². The molecule has 0 spiro atoms. The molecule has 3 N–H and O–H groups in total. The van der Waals surface area contributed by atoms with E-state index in [4.69, 9.17) is 10.5 Å². The number of hydrogen-bond donors (Lipinski definition) is 2. The number of pyridine rings is 2. The van der Waals surface area contributed by atoms with Gasteiger partial charge in [0.25, 0.3) is 0 Å². The summed E-state index contributed by atoms with van der Waals surface area (Å²) in [5.74, 6) is -1.21. The molecule has 5 aromatic rings. The summed E-state index contributed by atoms with van der Waals surface area (Å²) in [7, 11) is 0. The van der Waals surface area contributed by atoms with Crippen LogP contribution >= 0.6 is 0 Å². The van der Waals surface area contributed by atoms with E-state index in [1.54, 1.807) is 17.1 Å². The van der Waals surface area contributed by atoms with Gasteiger partial charge in [-0.05, 0) is 47.7 Å². The van der Waals surface area contributed by atoms with E-state index in [0.29, 0.717) is 28.9 Å². The average Bonchev–Trinajstić information content (AvgIpc) is 3.46. The van der Waals surface area contributed by atoms with E-state index in [1.165, 1.54) is 11.1 Å². The van der Waals surface area contributed by atoms with E-state index in [9.17, 15) is 9.59 Å². The summed E-state index contributed by atoms with van der Waals surface area (Å²) in [5, 5.41) is 10.0. The third-order valence-electron chi connectivity index (χ3n) is 7.10. The Morgan fingerprint density at radius 1 is 1.00 bits per heavy atom. The smallest absolute Gasteiger partial charge is 0.314 e. The van der Waals surface area contributed by atoms with Crippen molar-refractivity contribution in [2.75, 3.05) is 17.7 Å². The maximum Gasteiger partial charge on any atom is 0.314 e. The molecule has 2 amide bonds. The van der Waals surface area contributed by atoms with Crippen molar-refractivity contribution in [3.8, 4) is 0 Å². The Morgan fingerprint density at radius 3 is 2.63 bits per heavy atom. The van der Waals surface area contributed by atoms with Gasteiger partial charge in [0, 0.05) is 42.6 Å². The molecule has 41 heavy (non-hydrogen) atoms. The second kappa shape index (κ2) is 12.5. The normalized spacial score (nSPS) is 14.9. The van der Waals surface area contributed by atoms with Gasteiger partial charge in [0.1, 0.15) is 17.6 Å². The number of fused-ring (bicyclic) bond motifs is 2. The molecule has 1 saturated heterocycles. The number of carbonyl (C=O) groups excluding carboxylic acids is 2. The van der Waals surface area contributed by atoms with E-state index in [2.05, 4.69) is 20.4 Å². The molecular weight excluding hydrogens is 570 g/mol. The standard InChI is InChI=1S/C30H29N7O3.Cu/c31-28-24-19-37(26-13-4-6-15-40-26)35-27(24)25(16-33-28)34-29(38)30(39)36(18-22-11-3-5-14-32-22)17-21-10-7-9-20-8-1-2-12-23(20)21;/h1-3,5,7-12,14,16,19,26H,4,6,13,15,17-18H2,(H2,31,33)(H,34,38);. The fourth-order valence-electron chi connectivity index (χ4n) is 5.06. The number of rotatable bonds is 6. The molecule has 213 valence electrons. The Kier molecular flexibility index (Phi) is 8.58. The number of aromatic nitrogens is 4. The first-order chi connectivity index (χ1) is 19.6. The van der Waals surface area contributed by atoms with Gasteiger partial charge in [0.15, 0.2) is 0 Å². The van der Waals surface area contributed by atoms with Crippen LogP contribution in [-0.4, -0.2) is 43.1 Å². The average molecular weight is 599 g/mol. The van der Waals surface area contributed by atoms with E-state index in [1.807, 2.05) is 60.7 Å². The van der Waals surface area contributed by atoms with Gasteiger partial charge < -0.3 is 20.7 Å². The van der Waals surface area contributed by atoms with Crippen molar-refractivity contribution >= 4 is 45.0 Å². The molecule has 2 aromatic carbocycles. The number of hydrogen-bond acceptors (Lipinski definition) is 7. The SMILES string of the molecule is Nc1ncc(NC(=O)C(=O)N(Cc2ccccn2)Cc2cccc3ccccc23)c2nn(C3CCCCO3)cc12.[Cu]. The molecule has 1 radical (unpaired) electrons. The summed E-state index contributed by atoms with van der Waals surface area (Å²) in [4.78, 5) is 37.1. The molecule has 10 nitrogen and oxygen atoms in total. The predicted molar refractivity (Wildman–Crippen MR) is 152 cm³/mol. The van der Waals surface area contributed by atoms with Crippen molar-refractivity contribution in [1.82, 2.24) is 24.6 Å². The Morgan fingerprint density at radius 2 is 1.83 bits per heavy atom. The minimum Gasteiger partial charge on any atom is -0.383 e. The number of nitrogens with one attached hydrogen (secondary N) is 1. The van der Waals surface area contributed by atoms with Crippen molar-refractivity contribution in [3.05, 3.63) is 90.5 Å². The van der Waals surface area contributed by atoms with E-state index in [-0.39, 0.29) is 42.2 Å². The molecule has 1 unspecified atom stereocenters. The first-order valence-electron chi connectivity index (χ1n) is 13.3. The number of ether oxygens (including phenoxy) is 1. The van der Waals surface area contributed by atoms with Crippen LogP contribution in [0.15, 0.2) is 79.3 Å². The minimum absolute atomic E-state index is 0. The number of nitrogen functional groups attached to an aromatic ring is 1. The zero-order valence-corrected chi connectivity index (χ0v) is 23.1. The van der Waals surface area contributed by atoms with Crippen LogP contribution in [-0.2, 0) is 44.5 Å². The molecule has 6 rings (SSSR count). The first kappa shape index (κ1) is 28.2. The van der Waals surface area contributed by atoms with Crippen LogP contribution in [0.5, 0.6) is 0 Å². The second-order valence-corrected chi connectivity index (χ2v) is 9.82. The minimum atomic E-state index is -0.799. The van der Waals surface area contributed by atoms with Gasteiger partial charge in [0.2, 0.25) is 0 Å². The summed E-state index contributed by atoms with van der Waals surface area (Å²) in [6.45, 7) is 1.06. The third-order valence-corrected chi connectivity index (χ3v) is 7.10. The zero-order valence-electron chi connectivity index (χ0n) is 22.2. The van der Waals surface area contributed by atoms with Crippen molar-refractivity contribution in [1.29, 1.82) is 0 Å². The number of anilines is 2. The molecule has 1 aliphatic heterocycles. The fraction of sp³-hybridized carbons (Fsp3) is 0.233. The molecule has 11 heteroatoms. The number of nitrogens with zero attached hydrogens (tertiary/aromatic N) is 5. The van der Waals surface area contributed by atoms with Gasteiger partial charge in [-0.2, -0.15) is 5.10 Å². The van der Waals surface area contributed by atoms with Crippen molar-refractivity contribution in [2.24, 2.45) is 0 Å². The molecule has 3 aromatic heterocycles. The maximum atomic E-state index is 13.6.